The van der Waals surface area contributed by atoms with E-state index in [0.717, 1.165) is 10.4 Å². The Morgan fingerprint density at radius 1 is 1.27 bits per heavy atom. The molecular weight excluding hydrogens is 248 g/mol. The Labute approximate surface area is 100 Å². The summed E-state index contributed by atoms with van der Waals surface area (Å²) in [5.41, 5.74) is 3.43. The highest BCUT2D eigenvalue weighted by Gasteiger charge is 1.98. The molecule has 0 unspecified atom stereocenters. The van der Waals surface area contributed by atoms with Gasteiger partial charge in [0, 0.05) is 10.5 Å². The summed E-state index contributed by atoms with van der Waals surface area (Å²) < 4.78 is 4.77. The lowest BCUT2D eigenvalue weighted by Crippen LogP contribution is -1.92. The first kappa shape index (κ1) is 10.8. The van der Waals surface area contributed by atoms with Crippen molar-refractivity contribution in [1.29, 1.82) is 0 Å². The van der Waals surface area contributed by atoms with Crippen LogP contribution in [-0.2, 0) is 0 Å². The normalized spacial score (nSPS) is 12.1. The van der Waals surface area contributed by atoms with Gasteiger partial charge < -0.3 is 0 Å². The summed E-state index contributed by atoms with van der Waals surface area (Å²) in [6.07, 6.45) is 0. The summed E-state index contributed by atoms with van der Waals surface area (Å²) in [5.74, 6) is 0. The number of halogens is 1. The Kier molecular flexibility index (Phi) is 3.19. The van der Waals surface area contributed by atoms with Gasteiger partial charge >= 0.3 is 0 Å². The Bertz CT molecular complexity index is 542. The second-order valence-electron chi connectivity index (χ2n) is 3.23. The summed E-state index contributed by atoms with van der Waals surface area (Å²) in [6, 6.07) is 6.10. The number of hydrogen-bond acceptors (Lipinski definition) is 4. The van der Waals surface area contributed by atoms with Crippen LogP contribution in [0, 0.1) is 13.8 Å². The van der Waals surface area contributed by atoms with Crippen molar-refractivity contribution in [3.63, 3.8) is 0 Å². The molecule has 1 heterocycles. The van der Waals surface area contributed by atoms with Gasteiger partial charge in [-0.25, -0.2) is 4.99 Å². The molecule has 2 aromatic rings. The zero-order valence-corrected chi connectivity index (χ0v) is 10.7. The summed E-state index contributed by atoms with van der Waals surface area (Å²) in [4.78, 5) is 4.44. The van der Waals surface area contributed by atoms with Gasteiger partial charge in [0.2, 0.25) is 0 Å². The fourth-order valence-corrected chi connectivity index (χ4v) is 3.13. The molecule has 0 N–H and O–H groups in total. The van der Waals surface area contributed by atoms with Crippen molar-refractivity contribution in [3.05, 3.63) is 39.2 Å². The molecule has 0 aliphatic carbocycles. The lowest BCUT2D eigenvalue weighted by atomic mass is 10.1. The van der Waals surface area contributed by atoms with Gasteiger partial charge in [-0.3, -0.25) is 0 Å². The summed E-state index contributed by atoms with van der Waals surface area (Å²) in [6.45, 7) is 4.16. The molecule has 5 heteroatoms. The molecule has 0 fully saturated rings. The zero-order valence-electron chi connectivity index (χ0n) is 8.32. The maximum atomic E-state index is 5.88. The lowest BCUT2D eigenvalue weighted by Gasteiger charge is -1.99. The van der Waals surface area contributed by atoms with Crippen molar-refractivity contribution >= 4 is 38.2 Å². The van der Waals surface area contributed by atoms with Gasteiger partial charge in [-0.05, 0) is 47.4 Å². The molecule has 2 nitrogen and oxygen atoms in total. The predicted molar refractivity (Wildman–Crippen MR) is 66.1 cm³/mol. The molecule has 0 bridgehead atoms. The molecule has 0 aliphatic heterocycles. The van der Waals surface area contributed by atoms with E-state index in [0.29, 0.717) is 5.15 Å². The Balaban J connectivity index is 2.49. The van der Waals surface area contributed by atoms with Gasteiger partial charge in [0.1, 0.15) is 0 Å². The van der Waals surface area contributed by atoms with Crippen LogP contribution in [0.15, 0.2) is 23.2 Å². The van der Waals surface area contributed by atoms with Crippen LogP contribution in [0.4, 0.5) is 5.69 Å². The maximum absolute atomic E-state index is 5.88. The van der Waals surface area contributed by atoms with Gasteiger partial charge in [-0.15, -0.1) is 0 Å². The third-order valence-corrected chi connectivity index (χ3v) is 4.30. The number of aryl methyl sites for hydroxylation is 2. The minimum Gasteiger partial charge on any atom is -0.234 e. The lowest BCUT2D eigenvalue weighted by molar-refractivity contribution is 1.30. The van der Waals surface area contributed by atoms with E-state index in [1.165, 1.54) is 32.0 Å². The van der Waals surface area contributed by atoms with Crippen molar-refractivity contribution in [2.45, 2.75) is 13.8 Å². The van der Waals surface area contributed by atoms with Crippen LogP contribution in [0.5, 0.6) is 0 Å². The molecule has 1 aromatic heterocycles. The monoisotopic (exact) mass is 256 g/mol. The van der Waals surface area contributed by atoms with Crippen LogP contribution < -0.4 is 4.67 Å². The Hall–Kier alpha value is -0.710. The van der Waals surface area contributed by atoms with E-state index in [1.54, 1.807) is 0 Å². The molecule has 15 heavy (non-hydrogen) atoms. The standard InChI is InChI=1S/C10H9ClN2S2/c1-6-3-4-8(5-7(6)2)12-10-9(11)13-15-14-10/h3-5H,1-2H3. The van der Waals surface area contributed by atoms with E-state index < -0.39 is 0 Å². The minimum atomic E-state index is 0.489. The summed E-state index contributed by atoms with van der Waals surface area (Å²) in [7, 11) is 2.85. The third-order valence-electron chi connectivity index (χ3n) is 2.13. The van der Waals surface area contributed by atoms with Crippen LogP contribution in [0.2, 0.25) is 5.15 Å². The molecule has 0 saturated heterocycles. The van der Waals surface area contributed by atoms with E-state index >= 15 is 0 Å². The third kappa shape index (κ3) is 2.45. The van der Waals surface area contributed by atoms with Crippen LogP contribution in [-0.4, -0.2) is 4.37 Å². The largest absolute Gasteiger partial charge is 0.234 e. The van der Waals surface area contributed by atoms with E-state index in [9.17, 15) is 0 Å². The Morgan fingerprint density at radius 3 is 2.67 bits per heavy atom. The van der Waals surface area contributed by atoms with Gasteiger partial charge in [0.25, 0.3) is 0 Å². The summed E-state index contributed by atoms with van der Waals surface area (Å²) >= 11 is 5.88. The zero-order chi connectivity index (χ0) is 10.8. The molecule has 0 aliphatic rings. The van der Waals surface area contributed by atoms with Crippen LogP contribution in [0.3, 0.4) is 0 Å². The maximum Gasteiger partial charge on any atom is 0.179 e. The first-order valence-corrected chi connectivity index (χ1v) is 6.89. The average Bonchev–Trinajstić information content (AvgIpc) is 2.59. The number of rotatable bonds is 1. The van der Waals surface area contributed by atoms with Gasteiger partial charge in [0.15, 0.2) is 9.82 Å². The van der Waals surface area contributed by atoms with Gasteiger partial charge in [0.05, 0.1) is 5.69 Å². The van der Waals surface area contributed by atoms with Crippen molar-refractivity contribution < 1.29 is 0 Å². The quantitative estimate of drug-likeness (QED) is 0.714. The minimum absolute atomic E-state index is 0.489. The van der Waals surface area contributed by atoms with Crippen LogP contribution in [0.25, 0.3) is 0 Å². The molecule has 1 aromatic carbocycles. The van der Waals surface area contributed by atoms with E-state index in [4.69, 9.17) is 11.6 Å². The molecule has 0 atom stereocenters. The van der Waals surface area contributed by atoms with Crippen molar-refractivity contribution in [1.82, 2.24) is 4.37 Å². The predicted octanol–water partition coefficient (Wildman–Crippen LogP) is 3.71. The fraction of sp³-hybridized carbons (Fsp3) is 0.200. The topological polar surface area (TPSA) is 25.2 Å². The van der Waals surface area contributed by atoms with E-state index in [-0.39, 0.29) is 0 Å². The molecular formula is C10H9ClN2S2. The summed E-state index contributed by atoms with van der Waals surface area (Å²) in [5, 5.41) is 0.489. The van der Waals surface area contributed by atoms with E-state index in [1.807, 2.05) is 6.07 Å². The van der Waals surface area contributed by atoms with Gasteiger partial charge in [-0.1, -0.05) is 17.7 Å². The van der Waals surface area contributed by atoms with Crippen LogP contribution in [0.1, 0.15) is 11.1 Å². The highest BCUT2D eigenvalue weighted by Crippen LogP contribution is 2.17. The van der Waals surface area contributed by atoms with Gasteiger partial charge in [-0.2, -0.15) is 4.37 Å². The van der Waals surface area contributed by atoms with Crippen LogP contribution >= 0.6 is 32.5 Å². The highest BCUT2D eigenvalue weighted by atomic mass is 35.5. The Morgan fingerprint density at radius 2 is 2.07 bits per heavy atom. The van der Waals surface area contributed by atoms with Crippen molar-refractivity contribution in [2.75, 3.05) is 0 Å². The first-order valence-electron chi connectivity index (χ1n) is 4.40. The molecule has 78 valence electrons. The van der Waals surface area contributed by atoms with Crippen molar-refractivity contribution in [2.24, 2.45) is 4.99 Å². The molecule has 0 spiro atoms. The molecule has 0 amide bonds. The number of aromatic nitrogens is 1. The fourth-order valence-electron chi connectivity index (χ4n) is 1.14. The SMILES string of the molecule is Cc1ccc(N=c2ssnc2Cl)cc1C. The highest BCUT2D eigenvalue weighted by molar-refractivity contribution is 7.66. The second-order valence-corrected chi connectivity index (χ2v) is 5.42. The molecule has 2 rings (SSSR count). The number of benzene rings is 1. The second kappa shape index (κ2) is 4.43. The number of hydrogen-bond donors (Lipinski definition) is 0. The smallest absolute Gasteiger partial charge is 0.179 e. The molecule has 0 saturated carbocycles. The number of nitrogens with zero attached hydrogens (tertiary/aromatic N) is 2. The average molecular weight is 257 g/mol. The van der Waals surface area contributed by atoms with Crippen molar-refractivity contribution in [3.8, 4) is 0 Å². The van der Waals surface area contributed by atoms with E-state index in [2.05, 4.69) is 35.3 Å². The first-order chi connectivity index (χ1) is 7.16. The molecule has 0 radical (unpaired) electrons.